The van der Waals surface area contributed by atoms with Gasteiger partial charge in [-0.2, -0.15) is 0 Å². The Morgan fingerprint density at radius 1 is 1.33 bits per heavy atom. The number of rotatable bonds is 3. The van der Waals surface area contributed by atoms with Crippen LogP contribution in [0.15, 0.2) is 18.6 Å². The minimum atomic E-state index is -0.973. The summed E-state index contributed by atoms with van der Waals surface area (Å²) >= 11 is 0. The number of carbonyl (C=O) groups is 2. The quantitative estimate of drug-likeness (QED) is 0.894. The number of nitrogens with zero attached hydrogens (tertiary/aromatic N) is 4. The number of carboxylic acids is 1. The molecule has 8 nitrogen and oxygen atoms in total. The molecular weight excluding hydrogens is 312 g/mol. The fourth-order valence-corrected chi connectivity index (χ4v) is 2.67. The number of carboxylic acid groups (broad SMARTS) is 1. The van der Waals surface area contributed by atoms with Crippen molar-refractivity contribution < 1.29 is 19.4 Å². The summed E-state index contributed by atoms with van der Waals surface area (Å²) in [7, 11) is 0. The fraction of sp³-hybridized carbons (Fsp3) is 0.625. The van der Waals surface area contributed by atoms with Gasteiger partial charge >= 0.3 is 12.1 Å². The molecule has 0 aliphatic carbocycles. The summed E-state index contributed by atoms with van der Waals surface area (Å²) in [5.74, 6) is -0.973. The topological polar surface area (TPSA) is 95.9 Å². The van der Waals surface area contributed by atoms with Crippen LogP contribution in [-0.2, 0) is 9.53 Å². The van der Waals surface area contributed by atoms with Gasteiger partial charge in [0, 0.05) is 31.7 Å². The van der Waals surface area contributed by atoms with Crippen LogP contribution in [0.2, 0.25) is 0 Å². The Morgan fingerprint density at radius 2 is 2.04 bits per heavy atom. The van der Waals surface area contributed by atoms with E-state index in [-0.39, 0.29) is 12.6 Å². The van der Waals surface area contributed by atoms with Crippen LogP contribution in [0, 0.1) is 0 Å². The highest BCUT2D eigenvalue weighted by Gasteiger charge is 2.38. The molecule has 0 radical (unpaired) electrons. The van der Waals surface area contributed by atoms with Crippen molar-refractivity contribution in [1.29, 1.82) is 0 Å². The Labute approximate surface area is 141 Å². The normalized spacial score (nSPS) is 20.5. The second kappa shape index (κ2) is 7.12. The first-order chi connectivity index (χ1) is 11.2. The average molecular weight is 336 g/mol. The van der Waals surface area contributed by atoms with Gasteiger partial charge in [-0.3, -0.25) is 19.7 Å². The molecule has 0 unspecified atom stereocenters. The SMILES string of the molecule is C[C@H](c1cnccn1)N1CCN(C(=O)OC(C)(C)C)C[C@@H]1C(=O)O. The lowest BCUT2D eigenvalue weighted by Gasteiger charge is -2.42. The van der Waals surface area contributed by atoms with Crippen molar-refractivity contribution in [3.8, 4) is 0 Å². The maximum absolute atomic E-state index is 12.2. The molecule has 8 heteroatoms. The third-order valence-electron chi connectivity index (χ3n) is 3.87. The molecule has 0 bridgehead atoms. The first-order valence-corrected chi connectivity index (χ1v) is 7.91. The smallest absolute Gasteiger partial charge is 0.410 e. The van der Waals surface area contributed by atoms with Crippen molar-refractivity contribution >= 4 is 12.1 Å². The fourth-order valence-electron chi connectivity index (χ4n) is 2.67. The molecule has 1 aromatic heterocycles. The monoisotopic (exact) mass is 336 g/mol. The van der Waals surface area contributed by atoms with Crippen LogP contribution in [-0.4, -0.2) is 68.2 Å². The van der Waals surface area contributed by atoms with Gasteiger partial charge in [0.05, 0.1) is 18.3 Å². The molecule has 0 saturated carbocycles. The van der Waals surface area contributed by atoms with Crippen molar-refractivity contribution in [2.45, 2.75) is 45.4 Å². The number of aromatic nitrogens is 2. The first-order valence-electron chi connectivity index (χ1n) is 7.91. The van der Waals surface area contributed by atoms with Crippen LogP contribution in [0.25, 0.3) is 0 Å². The molecule has 1 aliphatic heterocycles. The van der Waals surface area contributed by atoms with E-state index in [1.807, 2.05) is 11.8 Å². The van der Waals surface area contributed by atoms with Gasteiger partial charge in [0.25, 0.3) is 0 Å². The summed E-state index contributed by atoms with van der Waals surface area (Å²) in [5, 5.41) is 9.58. The van der Waals surface area contributed by atoms with Crippen LogP contribution >= 0.6 is 0 Å². The molecule has 2 rings (SSSR count). The molecular formula is C16H24N4O4. The molecule has 1 aliphatic rings. The lowest BCUT2D eigenvalue weighted by Crippen LogP contribution is -2.58. The van der Waals surface area contributed by atoms with Crippen LogP contribution in [0.5, 0.6) is 0 Å². The van der Waals surface area contributed by atoms with E-state index in [2.05, 4.69) is 9.97 Å². The second-order valence-corrected chi connectivity index (χ2v) is 6.82. The van der Waals surface area contributed by atoms with Gasteiger partial charge in [-0.25, -0.2) is 4.79 Å². The number of aliphatic carboxylic acids is 1. The lowest BCUT2D eigenvalue weighted by atomic mass is 10.1. The molecule has 1 aromatic rings. The maximum Gasteiger partial charge on any atom is 0.410 e. The molecule has 1 saturated heterocycles. The van der Waals surface area contributed by atoms with Crippen molar-refractivity contribution in [3.63, 3.8) is 0 Å². The maximum atomic E-state index is 12.2. The number of amides is 1. The molecule has 2 heterocycles. The largest absolute Gasteiger partial charge is 0.480 e. The van der Waals surface area contributed by atoms with Crippen LogP contribution < -0.4 is 0 Å². The lowest BCUT2D eigenvalue weighted by molar-refractivity contribution is -0.147. The van der Waals surface area contributed by atoms with Crippen LogP contribution in [0.3, 0.4) is 0 Å². The first kappa shape index (κ1) is 18.1. The predicted molar refractivity (Wildman–Crippen MR) is 86.4 cm³/mol. The third kappa shape index (κ3) is 4.41. The number of hydrogen-bond donors (Lipinski definition) is 1. The molecule has 24 heavy (non-hydrogen) atoms. The highest BCUT2D eigenvalue weighted by Crippen LogP contribution is 2.24. The summed E-state index contributed by atoms with van der Waals surface area (Å²) in [5.41, 5.74) is 0.0920. The Hall–Kier alpha value is -2.22. The summed E-state index contributed by atoms with van der Waals surface area (Å²) in [6, 6.07) is -1.02. The Kier molecular flexibility index (Phi) is 5.38. The zero-order valence-corrected chi connectivity index (χ0v) is 14.5. The van der Waals surface area contributed by atoms with E-state index in [1.54, 1.807) is 39.4 Å². The van der Waals surface area contributed by atoms with Crippen molar-refractivity contribution in [2.24, 2.45) is 0 Å². The van der Waals surface area contributed by atoms with Gasteiger partial charge in [0.15, 0.2) is 0 Å². The van der Waals surface area contributed by atoms with E-state index in [9.17, 15) is 14.7 Å². The molecule has 0 aromatic carbocycles. The molecule has 132 valence electrons. The van der Waals surface area contributed by atoms with Crippen LogP contribution in [0.1, 0.15) is 39.4 Å². The second-order valence-electron chi connectivity index (χ2n) is 6.82. The molecule has 1 N–H and O–H groups in total. The van der Waals surface area contributed by atoms with Gasteiger partial charge in [-0.15, -0.1) is 0 Å². The zero-order valence-electron chi connectivity index (χ0n) is 14.5. The van der Waals surface area contributed by atoms with E-state index < -0.39 is 23.7 Å². The molecule has 1 fully saturated rings. The predicted octanol–water partition coefficient (Wildman–Crippen LogP) is 1.54. The van der Waals surface area contributed by atoms with Gasteiger partial charge in [0.2, 0.25) is 0 Å². The number of hydrogen-bond acceptors (Lipinski definition) is 6. The average Bonchev–Trinajstić information content (AvgIpc) is 2.52. The summed E-state index contributed by atoms with van der Waals surface area (Å²) < 4.78 is 5.34. The Bertz CT molecular complexity index is 587. The van der Waals surface area contributed by atoms with Crippen LogP contribution in [0.4, 0.5) is 4.79 Å². The standard InChI is InChI=1S/C16H24N4O4/c1-11(12-9-17-5-6-18-12)20-8-7-19(10-13(20)14(21)22)15(23)24-16(2,3)4/h5-6,9,11,13H,7-8,10H2,1-4H3,(H,21,22)/t11-,13-/m1/s1. The van der Waals surface area contributed by atoms with Gasteiger partial charge in [-0.1, -0.05) is 0 Å². The summed E-state index contributed by atoms with van der Waals surface area (Å²) in [6.07, 6.45) is 4.30. The van der Waals surface area contributed by atoms with E-state index in [0.29, 0.717) is 18.8 Å². The van der Waals surface area contributed by atoms with Crippen molar-refractivity contribution in [3.05, 3.63) is 24.3 Å². The minimum absolute atomic E-state index is 0.0782. The summed E-state index contributed by atoms with van der Waals surface area (Å²) in [6.45, 7) is 8.15. The Balaban J connectivity index is 2.11. The summed E-state index contributed by atoms with van der Waals surface area (Å²) in [4.78, 5) is 35.5. The van der Waals surface area contributed by atoms with E-state index in [0.717, 1.165) is 0 Å². The zero-order chi connectivity index (χ0) is 17.9. The third-order valence-corrected chi connectivity index (χ3v) is 3.87. The minimum Gasteiger partial charge on any atom is -0.480 e. The number of piperazine rings is 1. The Morgan fingerprint density at radius 3 is 2.58 bits per heavy atom. The van der Waals surface area contributed by atoms with Crippen molar-refractivity contribution in [1.82, 2.24) is 19.8 Å². The van der Waals surface area contributed by atoms with Gasteiger partial charge < -0.3 is 14.7 Å². The number of carbonyl (C=O) groups excluding carboxylic acids is 1. The highest BCUT2D eigenvalue weighted by molar-refractivity contribution is 5.76. The van der Waals surface area contributed by atoms with E-state index in [1.165, 1.54) is 4.90 Å². The molecule has 2 atom stereocenters. The molecule has 0 spiro atoms. The number of ether oxygens (including phenoxy) is 1. The van der Waals surface area contributed by atoms with Gasteiger partial charge in [0.1, 0.15) is 11.6 Å². The van der Waals surface area contributed by atoms with E-state index >= 15 is 0 Å². The molecule has 1 amide bonds. The van der Waals surface area contributed by atoms with Crippen molar-refractivity contribution in [2.75, 3.05) is 19.6 Å². The van der Waals surface area contributed by atoms with E-state index in [4.69, 9.17) is 4.74 Å². The van der Waals surface area contributed by atoms with Gasteiger partial charge in [-0.05, 0) is 27.7 Å². The highest BCUT2D eigenvalue weighted by atomic mass is 16.6.